The Morgan fingerprint density at radius 3 is 2.63 bits per heavy atom. The number of ether oxygens (including phenoxy) is 1. The van der Waals surface area contributed by atoms with Crippen molar-refractivity contribution < 1.29 is 4.74 Å². The second-order valence-corrected chi connectivity index (χ2v) is 5.33. The van der Waals surface area contributed by atoms with Crippen LogP contribution in [0.4, 0.5) is 0 Å². The summed E-state index contributed by atoms with van der Waals surface area (Å²) in [6.45, 7) is 6.40. The highest BCUT2D eigenvalue weighted by atomic mass is 16.5. The van der Waals surface area contributed by atoms with Crippen LogP contribution in [-0.2, 0) is 6.54 Å². The number of hydrogen-bond donors (Lipinski definition) is 1. The predicted octanol–water partition coefficient (Wildman–Crippen LogP) is 3.98. The summed E-state index contributed by atoms with van der Waals surface area (Å²) in [7, 11) is 1.74. The van der Waals surface area contributed by atoms with Crippen LogP contribution in [0.1, 0.15) is 25.8 Å². The van der Waals surface area contributed by atoms with Crippen LogP contribution in [0.5, 0.6) is 5.75 Å². The van der Waals surface area contributed by atoms with E-state index in [1.165, 1.54) is 22.8 Å². The Bertz CT molecular complexity index is 534. The SMILES string of the molecule is COc1ccc2ccccc2c1CNCCC(C)C. The zero-order chi connectivity index (χ0) is 13.7. The molecule has 0 amide bonds. The smallest absolute Gasteiger partial charge is 0.123 e. The standard InChI is InChI=1S/C17H23NO/c1-13(2)10-11-18-12-16-15-7-5-4-6-14(15)8-9-17(16)19-3/h4-9,13,18H,10-12H2,1-3H3. The summed E-state index contributed by atoms with van der Waals surface area (Å²) >= 11 is 0. The van der Waals surface area contributed by atoms with Crippen LogP contribution >= 0.6 is 0 Å². The summed E-state index contributed by atoms with van der Waals surface area (Å²) in [5.74, 6) is 1.71. The lowest BCUT2D eigenvalue weighted by Crippen LogP contribution is -2.17. The van der Waals surface area contributed by atoms with E-state index in [1.807, 2.05) is 0 Å². The Balaban J connectivity index is 2.19. The predicted molar refractivity (Wildman–Crippen MR) is 81.7 cm³/mol. The minimum atomic E-state index is 0.738. The van der Waals surface area contributed by atoms with Crippen molar-refractivity contribution in [1.29, 1.82) is 0 Å². The molecule has 2 nitrogen and oxygen atoms in total. The van der Waals surface area contributed by atoms with Crippen LogP contribution in [-0.4, -0.2) is 13.7 Å². The van der Waals surface area contributed by atoms with E-state index in [4.69, 9.17) is 4.74 Å². The first kappa shape index (κ1) is 13.9. The van der Waals surface area contributed by atoms with Crippen molar-refractivity contribution >= 4 is 10.8 Å². The average molecular weight is 257 g/mol. The van der Waals surface area contributed by atoms with Gasteiger partial charge in [0, 0.05) is 12.1 Å². The number of methoxy groups -OCH3 is 1. The van der Waals surface area contributed by atoms with Crippen molar-refractivity contribution in [3.8, 4) is 5.75 Å². The summed E-state index contributed by atoms with van der Waals surface area (Å²) in [5, 5.41) is 6.06. The summed E-state index contributed by atoms with van der Waals surface area (Å²) < 4.78 is 5.49. The first-order chi connectivity index (χ1) is 9.22. The van der Waals surface area contributed by atoms with Crippen molar-refractivity contribution in [1.82, 2.24) is 5.32 Å². The fourth-order valence-electron chi connectivity index (χ4n) is 2.29. The largest absolute Gasteiger partial charge is 0.496 e. The molecule has 2 aromatic rings. The third kappa shape index (κ3) is 3.48. The molecule has 0 aromatic heterocycles. The van der Waals surface area contributed by atoms with Crippen LogP contribution in [0.15, 0.2) is 36.4 Å². The molecule has 0 fully saturated rings. The van der Waals surface area contributed by atoms with Gasteiger partial charge in [0.05, 0.1) is 7.11 Å². The lowest BCUT2D eigenvalue weighted by Gasteiger charge is -2.13. The zero-order valence-electron chi connectivity index (χ0n) is 12.1. The van der Waals surface area contributed by atoms with Crippen LogP contribution in [0.25, 0.3) is 10.8 Å². The van der Waals surface area contributed by atoms with E-state index in [0.29, 0.717) is 0 Å². The van der Waals surface area contributed by atoms with Gasteiger partial charge in [-0.25, -0.2) is 0 Å². The molecule has 19 heavy (non-hydrogen) atoms. The zero-order valence-corrected chi connectivity index (χ0v) is 12.1. The van der Waals surface area contributed by atoms with Crippen molar-refractivity contribution in [2.45, 2.75) is 26.8 Å². The van der Waals surface area contributed by atoms with E-state index in [1.54, 1.807) is 7.11 Å². The molecular formula is C17H23NO. The lowest BCUT2D eigenvalue weighted by atomic mass is 10.0. The molecule has 0 aliphatic rings. The molecule has 0 saturated carbocycles. The van der Waals surface area contributed by atoms with Crippen molar-refractivity contribution in [2.24, 2.45) is 5.92 Å². The summed E-state index contributed by atoms with van der Waals surface area (Å²) in [4.78, 5) is 0. The normalized spacial score (nSPS) is 11.2. The molecule has 0 atom stereocenters. The molecule has 1 N–H and O–H groups in total. The highest BCUT2D eigenvalue weighted by molar-refractivity contribution is 5.87. The monoisotopic (exact) mass is 257 g/mol. The topological polar surface area (TPSA) is 21.3 Å². The quantitative estimate of drug-likeness (QED) is 0.790. The average Bonchev–Trinajstić information content (AvgIpc) is 2.43. The summed E-state index contributed by atoms with van der Waals surface area (Å²) in [5.41, 5.74) is 1.25. The lowest BCUT2D eigenvalue weighted by molar-refractivity contribution is 0.408. The van der Waals surface area contributed by atoms with Gasteiger partial charge < -0.3 is 10.1 Å². The minimum Gasteiger partial charge on any atom is -0.496 e. The fourth-order valence-corrected chi connectivity index (χ4v) is 2.29. The Morgan fingerprint density at radius 2 is 1.89 bits per heavy atom. The molecule has 0 spiro atoms. The van der Waals surface area contributed by atoms with E-state index in [9.17, 15) is 0 Å². The van der Waals surface area contributed by atoms with Gasteiger partial charge in [0.1, 0.15) is 5.75 Å². The minimum absolute atomic E-state index is 0.738. The number of rotatable bonds is 6. The molecule has 0 bridgehead atoms. The second-order valence-electron chi connectivity index (χ2n) is 5.33. The Hall–Kier alpha value is -1.54. The maximum absolute atomic E-state index is 5.49. The van der Waals surface area contributed by atoms with E-state index in [-0.39, 0.29) is 0 Å². The Labute approximate surface area is 115 Å². The van der Waals surface area contributed by atoms with Crippen LogP contribution in [0.2, 0.25) is 0 Å². The third-order valence-electron chi connectivity index (χ3n) is 3.42. The number of nitrogens with one attached hydrogen (secondary N) is 1. The first-order valence-corrected chi connectivity index (χ1v) is 6.97. The number of hydrogen-bond acceptors (Lipinski definition) is 2. The maximum Gasteiger partial charge on any atom is 0.123 e. The van der Waals surface area contributed by atoms with Gasteiger partial charge in [-0.3, -0.25) is 0 Å². The number of fused-ring (bicyclic) bond motifs is 1. The van der Waals surface area contributed by atoms with Gasteiger partial charge in [0.2, 0.25) is 0 Å². The molecule has 0 aliphatic heterocycles. The van der Waals surface area contributed by atoms with E-state index in [0.717, 1.165) is 24.8 Å². The van der Waals surface area contributed by atoms with Gasteiger partial charge in [0.25, 0.3) is 0 Å². The molecule has 102 valence electrons. The molecular weight excluding hydrogens is 234 g/mol. The molecule has 0 unspecified atom stereocenters. The molecule has 2 rings (SSSR count). The molecule has 0 radical (unpaired) electrons. The third-order valence-corrected chi connectivity index (χ3v) is 3.42. The maximum atomic E-state index is 5.49. The number of benzene rings is 2. The Morgan fingerprint density at radius 1 is 1.11 bits per heavy atom. The van der Waals surface area contributed by atoms with Crippen molar-refractivity contribution in [2.75, 3.05) is 13.7 Å². The van der Waals surface area contributed by atoms with Crippen LogP contribution < -0.4 is 10.1 Å². The molecule has 2 heteroatoms. The van der Waals surface area contributed by atoms with Gasteiger partial charge >= 0.3 is 0 Å². The van der Waals surface area contributed by atoms with Gasteiger partial charge in [-0.1, -0.05) is 44.2 Å². The van der Waals surface area contributed by atoms with E-state index < -0.39 is 0 Å². The van der Waals surface area contributed by atoms with E-state index >= 15 is 0 Å². The van der Waals surface area contributed by atoms with Gasteiger partial charge in [0.15, 0.2) is 0 Å². The van der Waals surface area contributed by atoms with Crippen molar-refractivity contribution in [3.05, 3.63) is 42.0 Å². The van der Waals surface area contributed by atoms with Crippen LogP contribution in [0, 0.1) is 5.92 Å². The van der Waals surface area contributed by atoms with Gasteiger partial charge in [-0.2, -0.15) is 0 Å². The van der Waals surface area contributed by atoms with Crippen LogP contribution in [0.3, 0.4) is 0 Å². The van der Waals surface area contributed by atoms with E-state index in [2.05, 4.69) is 55.6 Å². The highest BCUT2D eigenvalue weighted by Crippen LogP contribution is 2.27. The molecule has 0 aliphatic carbocycles. The molecule has 0 saturated heterocycles. The van der Waals surface area contributed by atoms with Gasteiger partial charge in [-0.15, -0.1) is 0 Å². The van der Waals surface area contributed by atoms with Crippen molar-refractivity contribution in [3.63, 3.8) is 0 Å². The van der Waals surface area contributed by atoms with Gasteiger partial charge in [-0.05, 0) is 35.7 Å². The summed E-state index contributed by atoms with van der Waals surface area (Å²) in [6.07, 6.45) is 1.20. The second kappa shape index (κ2) is 6.58. The molecule has 2 aromatic carbocycles. The fraction of sp³-hybridized carbons (Fsp3) is 0.412. The molecule has 0 heterocycles. The highest BCUT2D eigenvalue weighted by Gasteiger charge is 2.07. The summed E-state index contributed by atoms with van der Waals surface area (Å²) in [6, 6.07) is 12.6. The Kier molecular flexibility index (Phi) is 4.80. The first-order valence-electron chi connectivity index (χ1n) is 6.97.